The number of fused-ring (bicyclic) bond motifs is 1. The van der Waals surface area contributed by atoms with Crippen molar-refractivity contribution in [3.8, 4) is 22.6 Å². The number of nitrogens with one attached hydrogen (secondary N) is 2. The Kier molecular flexibility index (Phi) is 7.84. The van der Waals surface area contributed by atoms with Crippen molar-refractivity contribution in [2.24, 2.45) is 0 Å². The summed E-state index contributed by atoms with van der Waals surface area (Å²) in [7, 11) is 0. The van der Waals surface area contributed by atoms with E-state index in [2.05, 4.69) is 10.6 Å². The van der Waals surface area contributed by atoms with E-state index in [4.69, 9.17) is 9.47 Å². The summed E-state index contributed by atoms with van der Waals surface area (Å²) in [6, 6.07) is 25.1. The number of amides is 1. The van der Waals surface area contributed by atoms with E-state index >= 15 is 0 Å². The summed E-state index contributed by atoms with van der Waals surface area (Å²) < 4.78 is 50.0. The molecule has 0 saturated carbocycles. The molecule has 0 radical (unpaired) electrons. The van der Waals surface area contributed by atoms with Gasteiger partial charge in [-0.15, -0.1) is 0 Å². The van der Waals surface area contributed by atoms with E-state index in [9.17, 15) is 22.8 Å². The molecular formula is C31H25F3N2O4. The van der Waals surface area contributed by atoms with Gasteiger partial charge in [-0.05, 0) is 65.6 Å². The lowest BCUT2D eigenvalue weighted by molar-refractivity contribution is -0.137. The first-order valence-electron chi connectivity index (χ1n) is 12.6. The zero-order valence-corrected chi connectivity index (χ0v) is 21.2. The molecular weight excluding hydrogens is 521 g/mol. The first kappa shape index (κ1) is 27.0. The summed E-state index contributed by atoms with van der Waals surface area (Å²) in [6.45, 7) is 0.509. The van der Waals surface area contributed by atoms with E-state index in [1.165, 1.54) is 12.1 Å². The lowest BCUT2D eigenvalue weighted by atomic mass is 9.91. The van der Waals surface area contributed by atoms with Gasteiger partial charge in [0.25, 0.3) is 0 Å². The predicted octanol–water partition coefficient (Wildman–Crippen LogP) is 6.82. The Morgan fingerprint density at radius 1 is 0.900 bits per heavy atom. The van der Waals surface area contributed by atoms with E-state index in [0.717, 1.165) is 23.3 Å². The molecule has 0 saturated heterocycles. The second-order valence-electron chi connectivity index (χ2n) is 9.20. The van der Waals surface area contributed by atoms with Gasteiger partial charge >= 0.3 is 12.3 Å². The number of benzene rings is 4. The fourth-order valence-corrected chi connectivity index (χ4v) is 4.56. The average Bonchev–Trinajstić information content (AvgIpc) is 2.96. The van der Waals surface area contributed by atoms with E-state index in [-0.39, 0.29) is 18.1 Å². The predicted molar refractivity (Wildman–Crippen MR) is 144 cm³/mol. The van der Waals surface area contributed by atoms with Crippen LogP contribution in [0.3, 0.4) is 0 Å². The third-order valence-corrected chi connectivity index (χ3v) is 6.50. The molecule has 0 aromatic heterocycles. The summed E-state index contributed by atoms with van der Waals surface area (Å²) in [5.41, 5.74) is 2.41. The van der Waals surface area contributed by atoms with Gasteiger partial charge in [-0.2, -0.15) is 13.2 Å². The number of carbonyl (C=O) groups is 2. The SMILES string of the molecule is O=C(Nc1ccc2c(c1)CCNC2C(=O)COc1ccccc1)Oc1ccccc1-c1ccc(C(F)(F)F)cc1. The minimum Gasteiger partial charge on any atom is -0.486 e. The lowest BCUT2D eigenvalue weighted by Gasteiger charge is -2.26. The smallest absolute Gasteiger partial charge is 0.417 e. The Morgan fingerprint density at radius 3 is 2.38 bits per heavy atom. The van der Waals surface area contributed by atoms with Crippen molar-refractivity contribution in [3.63, 3.8) is 0 Å². The maximum Gasteiger partial charge on any atom is 0.417 e. The molecule has 4 aromatic rings. The quantitative estimate of drug-likeness (QED) is 0.266. The van der Waals surface area contributed by atoms with Crippen LogP contribution in [0.5, 0.6) is 11.5 Å². The Bertz CT molecular complexity index is 1510. The third kappa shape index (κ3) is 6.32. The van der Waals surface area contributed by atoms with Crippen LogP contribution in [0.2, 0.25) is 0 Å². The number of alkyl halides is 3. The van der Waals surface area contributed by atoms with Gasteiger partial charge in [-0.3, -0.25) is 10.1 Å². The molecule has 0 bridgehead atoms. The summed E-state index contributed by atoms with van der Waals surface area (Å²) >= 11 is 0. The summed E-state index contributed by atoms with van der Waals surface area (Å²) in [4.78, 5) is 25.6. The topological polar surface area (TPSA) is 76.7 Å². The van der Waals surface area contributed by atoms with Crippen LogP contribution in [0.4, 0.5) is 23.7 Å². The molecule has 1 atom stereocenters. The van der Waals surface area contributed by atoms with Gasteiger partial charge in [0.05, 0.1) is 11.6 Å². The fraction of sp³-hybridized carbons (Fsp3) is 0.161. The number of Topliss-reactive ketones (excluding diaryl/α,β-unsaturated/α-hetero) is 1. The highest BCUT2D eigenvalue weighted by Gasteiger charge is 2.30. The normalized spacial score (nSPS) is 14.6. The van der Waals surface area contributed by atoms with Crippen LogP contribution in [0, 0.1) is 0 Å². The number of halogens is 3. The van der Waals surface area contributed by atoms with Crippen LogP contribution in [0.25, 0.3) is 11.1 Å². The van der Waals surface area contributed by atoms with Crippen LogP contribution in [0.15, 0.2) is 97.1 Å². The van der Waals surface area contributed by atoms with Gasteiger partial charge in [0.2, 0.25) is 0 Å². The molecule has 2 N–H and O–H groups in total. The number of ketones is 1. The highest BCUT2D eigenvalue weighted by molar-refractivity contribution is 5.89. The van der Waals surface area contributed by atoms with Crippen molar-refractivity contribution in [2.45, 2.75) is 18.6 Å². The first-order chi connectivity index (χ1) is 19.3. The second kappa shape index (κ2) is 11.6. The number of anilines is 1. The molecule has 4 aromatic carbocycles. The number of rotatable bonds is 7. The van der Waals surface area contributed by atoms with E-state index in [0.29, 0.717) is 35.5 Å². The van der Waals surface area contributed by atoms with Crippen LogP contribution >= 0.6 is 0 Å². The molecule has 1 aliphatic rings. The average molecular weight is 547 g/mol. The van der Waals surface area contributed by atoms with Crippen LogP contribution in [-0.2, 0) is 17.4 Å². The van der Waals surface area contributed by atoms with Crippen molar-refractivity contribution in [1.29, 1.82) is 0 Å². The minimum atomic E-state index is -4.44. The third-order valence-electron chi connectivity index (χ3n) is 6.50. The maximum absolute atomic E-state index is 12.9. The number of para-hydroxylation sites is 2. The monoisotopic (exact) mass is 546 g/mol. The van der Waals surface area contributed by atoms with Crippen LogP contribution < -0.4 is 20.1 Å². The van der Waals surface area contributed by atoms with Crippen LogP contribution in [-0.4, -0.2) is 25.0 Å². The van der Waals surface area contributed by atoms with Crippen molar-refractivity contribution in [3.05, 3.63) is 114 Å². The van der Waals surface area contributed by atoms with Gasteiger partial charge in [0.15, 0.2) is 5.78 Å². The Balaban J connectivity index is 1.25. The van der Waals surface area contributed by atoms with Gasteiger partial charge in [0, 0.05) is 17.8 Å². The van der Waals surface area contributed by atoms with E-state index in [1.54, 1.807) is 54.6 Å². The van der Waals surface area contributed by atoms with Crippen LogP contribution in [0.1, 0.15) is 22.7 Å². The molecule has 1 aliphatic heterocycles. The number of carbonyl (C=O) groups excluding carboxylic acids is 2. The van der Waals surface area contributed by atoms with Crippen molar-refractivity contribution in [1.82, 2.24) is 5.32 Å². The molecule has 40 heavy (non-hydrogen) atoms. The zero-order valence-electron chi connectivity index (χ0n) is 21.2. The summed E-state index contributed by atoms with van der Waals surface area (Å²) in [6.07, 6.45) is -4.53. The number of hydrogen-bond donors (Lipinski definition) is 2. The molecule has 0 fully saturated rings. The highest BCUT2D eigenvalue weighted by Crippen LogP contribution is 2.34. The largest absolute Gasteiger partial charge is 0.486 e. The molecule has 0 aliphatic carbocycles. The molecule has 6 nitrogen and oxygen atoms in total. The molecule has 1 unspecified atom stereocenters. The molecule has 0 spiro atoms. The Hall–Kier alpha value is -4.63. The van der Waals surface area contributed by atoms with Gasteiger partial charge < -0.3 is 14.8 Å². The van der Waals surface area contributed by atoms with Crippen molar-refractivity contribution >= 4 is 17.6 Å². The molecule has 9 heteroatoms. The minimum absolute atomic E-state index is 0.0776. The fourth-order valence-electron chi connectivity index (χ4n) is 4.56. The first-order valence-corrected chi connectivity index (χ1v) is 12.6. The molecule has 204 valence electrons. The second-order valence-corrected chi connectivity index (χ2v) is 9.20. The standard InChI is InChI=1S/C31H25F3N2O4/c32-31(33,34)22-12-10-20(11-13-22)25-8-4-5-9-28(25)40-30(38)36-23-14-15-26-21(18-23)16-17-35-29(26)27(37)19-39-24-6-2-1-3-7-24/h1-15,18,29,35H,16-17,19H2,(H,36,38). The molecule has 1 heterocycles. The number of ether oxygens (including phenoxy) is 2. The van der Waals surface area contributed by atoms with Gasteiger partial charge in [-0.25, -0.2) is 4.79 Å². The molecule has 1 amide bonds. The Morgan fingerprint density at radius 2 is 1.62 bits per heavy atom. The zero-order chi connectivity index (χ0) is 28.1. The summed E-state index contributed by atoms with van der Waals surface area (Å²) in [5.74, 6) is 0.709. The lowest BCUT2D eigenvalue weighted by Crippen LogP contribution is -2.37. The Labute approximate surface area is 228 Å². The highest BCUT2D eigenvalue weighted by atomic mass is 19.4. The van der Waals surface area contributed by atoms with Crippen molar-refractivity contribution in [2.75, 3.05) is 18.5 Å². The van der Waals surface area contributed by atoms with Gasteiger partial charge in [0.1, 0.15) is 18.1 Å². The maximum atomic E-state index is 12.9. The summed E-state index contributed by atoms with van der Waals surface area (Å²) in [5, 5.41) is 5.93. The molecule has 5 rings (SSSR count). The van der Waals surface area contributed by atoms with E-state index < -0.39 is 23.9 Å². The van der Waals surface area contributed by atoms with Gasteiger partial charge in [-0.1, -0.05) is 54.6 Å². The van der Waals surface area contributed by atoms with E-state index in [1.807, 2.05) is 18.2 Å². The number of hydrogen-bond acceptors (Lipinski definition) is 5. The van der Waals surface area contributed by atoms with Crippen molar-refractivity contribution < 1.29 is 32.2 Å².